The molecule has 8 heteroatoms. The molecule has 28 heavy (non-hydrogen) atoms. The van der Waals surface area contributed by atoms with Crippen LogP contribution in [0, 0.1) is 12.8 Å². The van der Waals surface area contributed by atoms with E-state index in [1.165, 1.54) is 4.90 Å². The molecule has 1 aliphatic carbocycles. The zero-order chi connectivity index (χ0) is 20.1. The maximum absolute atomic E-state index is 14.7. The van der Waals surface area contributed by atoms with Gasteiger partial charge < -0.3 is 15.1 Å². The van der Waals surface area contributed by atoms with E-state index in [1.54, 1.807) is 56.3 Å². The van der Waals surface area contributed by atoms with Crippen LogP contribution in [0.3, 0.4) is 0 Å². The van der Waals surface area contributed by atoms with Gasteiger partial charge in [-0.3, -0.25) is 0 Å². The Morgan fingerprint density at radius 2 is 1.96 bits per heavy atom. The zero-order valence-corrected chi connectivity index (χ0v) is 16.1. The van der Waals surface area contributed by atoms with Crippen molar-refractivity contribution in [2.24, 2.45) is 5.92 Å². The van der Waals surface area contributed by atoms with Gasteiger partial charge in [0.25, 0.3) is 5.92 Å². The first-order chi connectivity index (χ1) is 13.3. The number of alkyl halides is 2. The summed E-state index contributed by atoms with van der Waals surface area (Å²) in [5, 5.41) is 10.9. The molecule has 2 aliphatic rings. The molecule has 6 nitrogen and oxygen atoms in total. The molecule has 2 atom stereocenters. The number of rotatable bonds is 3. The highest BCUT2D eigenvalue weighted by atomic mass is 19.3. The number of likely N-dealkylation sites (tertiary alicyclic amines) is 1. The lowest BCUT2D eigenvalue weighted by molar-refractivity contribution is 0.0777. The van der Waals surface area contributed by atoms with Crippen LogP contribution < -0.4 is 10.2 Å². The topological polar surface area (TPSA) is 61.4 Å². The quantitative estimate of drug-likeness (QED) is 0.878. The van der Waals surface area contributed by atoms with Crippen LogP contribution in [0.1, 0.15) is 17.7 Å². The first kappa shape index (κ1) is 18.6. The van der Waals surface area contributed by atoms with Crippen LogP contribution in [0.5, 0.6) is 0 Å². The number of benzene rings is 1. The average Bonchev–Trinajstić information content (AvgIpc) is 3.18. The Bertz CT molecular complexity index is 905. The minimum absolute atomic E-state index is 0.0303. The molecule has 2 heterocycles. The Morgan fingerprint density at radius 1 is 1.25 bits per heavy atom. The maximum Gasteiger partial charge on any atom is 0.321 e. The van der Waals surface area contributed by atoms with Crippen molar-refractivity contribution in [3.05, 3.63) is 47.7 Å². The molecule has 2 amide bonds. The standard InChI is InChI=1S/C20H23F2N5O/c1-13-11-15(17(25-24-13)26(2)3)23-18(28)27-10-9-19(14-7-5-4-6-8-14)16(12-27)20(19,21)22/h4-8,11,16H,9-10,12H2,1-3H3,(H,23,24,28). The van der Waals surface area contributed by atoms with Crippen molar-refractivity contribution in [1.82, 2.24) is 15.1 Å². The fourth-order valence-corrected chi connectivity index (χ4v) is 4.32. The van der Waals surface area contributed by atoms with E-state index in [0.717, 1.165) is 0 Å². The predicted octanol–water partition coefficient (Wildman–Crippen LogP) is 3.29. The molecule has 0 radical (unpaired) electrons. The second-order valence-corrected chi connectivity index (χ2v) is 7.76. The molecule has 2 fully saturated rings. The summed E-state index contributed by atoms with van der Waals surface area (Å²) < 4.78 is 29.5. The minimum Gasteiger partial charge on any atom is -0.360 e. The highest BCUT2D eigenvalue weighted by molar-refractivity contribution is 5.92. The number of hydrogen-bond donors (Lipinski definition) is 1. The number of carbonyl (C=O) groups is 1. The van der Waals surface area contributed by atoms with Crippen LogP contribution in [-0.4, -0.2) is 54.2 Å². The molecule has 1 aliphatic heterocycles. The van der Waals surface area contributed by atoms with Crippen molar-refractivity contribution in [2.45, 2.75) is 24.7 Å². The Morgan fingerprint density at radius 3 is 2.61 bits per heavy atom. The largest absolute Gasteiger partial charge is 0.360 e. The van der Waals surface area contributed by atoms with E-state index in [0.29, 0.717) is 22.8 Å². The molecule has 2 aromatic rings. The normalized spacial score (nSPS) is 25.0. The van der Waals surface area contributed by atoms with Gasteiger partial charge in [-0.2, -0.15) is 5.10 Å². The summed E-state index contributed by atoms with van der Waals surface area (Å²) in [6.07, 6.45) is 0.246. The minimum atomic E-state index is -2.80. The third-order valence-corrected chi connectivity index (χ3v) is 5.86. The van der Waals surface area contributed by atoms with Gasteiger partial charge >= 0.3 is 6.03 Å². The van der Waals surface area contributed by atoms with Crippen LogP contribution in [0.2, 0.25) is 0 Å². The second-order valence-electron chi connectivity index (χ2n) is 7.76. The van der Waals surface area contributed by atoms with Crippen LogP contribution >= 0.6 is 0 Å². The molecule has 1 aromatic carbocycles. The Balaban J connectivity index is 1.52. The van der Waals surface area contributed by atoms with Gasteiger partial charge in [-0.15, -0.1) is 5.10 Å². The lowest BCUT2D eigenvalue weighted by atomic mass is 9.87. The summed E-state index contributed by atoms with van der Waals surface area (Å²) in [7, 11) is 3.60. The Hall–Kier alpha value is -2.77. The number of urea groups is 1. The molecule has 1 aromatic heterocycles. The van der Waals surface area contributed by atoms with Gasteiger partial charge in [0, 0.05) is 27.2 Å². The van der Waals surface area contributed by atoms with E-state index in [-0.39, 0.29) is 25.5 Å². The van der Waals surface area contributed by atoms with E-state index >= 15 is 0 Å². The Labute approximate surface area is 162 Å². The number of aryl methyl sites for hydroxylation is 1. The number of hydrogen-bond acceptors (Lipinski definition) is 4. The maximum atomic E-state index is 14.7. The van der Waals surface area contributed by atoms with Crippen molar-refractivity contribution < 1.29 is 13.6 Å². The van der Waals surface area contributed by atoms with Crippen molar-refractivity contribution >= 4 is 17.5 Å². The number of carbonyl (C=O) groups excluding carboxylic acids is 1. The molecule has 148 valence electrons. The SMILES string of the molecule is Cc1cc(NC(=O)N2CCC3(c4ccccc4)C(C2)C3(F)F)c(N(C)C)nn1. The van der Waals surface area contributed by atoms with Crippen molar-refractivity contribution in [1.29, 1.82) is 0 Å². The van der Waals surface area contributed by atoms with E-state index < -0.39 is 17.3 Å². The molecular weight excluding hydrogens is 364 g/mol. The third kappa shape index (κ3) is 2.70. The third-order valence-electron chi connectivity index (χ3n) is 5.86. The summed E-state index contributed by atoms with van der Waals surface area (Å²) in [4.78, 5) is 16.0. The zero-order valence-electron chi connectivity index (χ0n) is 16.1. The van der Waals surface area contributed by atoms with Crippen LogP contribution in [0.4, 0.5) is 25.1 Å². The fraction of sp³-hybridized carbons (Fsp3) is 0.450. The number of fused-ring (bicyclic) bond motifs is 1. The smallest absolute Gasteiger partial charge is 0.321 e. The number of amides is 2. The number of nitrogens with zero attached hydrogens (tertiary/aromatic N) is 4. The molecule has 1 saturated heterocycles. The summed E-state index contributed by atoms with van der Waals surface area (Å²) >= 11 is 0. The number of nitrogens with one attached hydrogen (secondary N) is 1. The number of piperidine rings is 1. The van der Waals surface area contributed by atoms with E-state index in [1.807, 2.05) is 6.07 Å². The van der Waals surface area contributed by atoms with Gasteiger partial charge in [-0.25, -0.2) is 13.6 Å². The number of anilines is 2. The lowest BCUT2D eigenvalue weighted by Gasteiger charge is -2.31. The van der Waals surface area contributed by atoms with Crippen molar-refractivity contribution in [3.8, 4) is 0 Å². The van der Waals surface area contributed by atoms with Gasteiger partial charge in [0.2, 0.25) is 0 Å². The Kier molecular flexibility index (Phi) is 4.24. The molecular formula is C20H23F2N5O. The van der Waals surface area contributed by atoms with Gasteiger partial charge in [0.15, 0.2) is 5.82 Å². The first-order valence-corrected chi connectivity index (χ1v) is 9.28. The average molecular weight is 387 g/mol. The van der Waals surface area contributed by atoms with Crippen molar-refractivity contribution in [2.75, 3.05) is 37.4 Å². The summed E-state index contributed by atoms with van der Waals surface area (Å²) in [5.74, 6) is -3.13. The lowest BCUT2D eigenvalue weighted by Crippen LogP contribution is -2.43. The van der Waals surface area contributed by atoms with Gasteiger partial charge in [-0.05, 0) is 25.0 Å². The van der Waals surface area contributed by atoms with Gasteiger partial charge in [0.1, 0.15) is 0 Å². The molecule has 1 N–H and O–H groups in total. The predicted molar refractivity (Wildman–Crippen MR) is 103 cm³/mol. The molecule has 2 unspecified atom stereocenters. The highest BCUT2D eigenvalue weighted by Gasteiger charge is 2.81. The molecule has 1 saturated carbocycles. The second kappa shape index (κ2) is 6.39. The van der Waals surface area contributed by atoms with E-state index in [2.05, 4.69) is 15.5 Å². The van der Waals surface area contributed by atoms with Crippen LogP contribution in [-0.2, 0) is 5.41 Å². The summed E-state index contributed by atoms with van der Waals surface area (Å²) in [6.45, 7) is 2.09. The molecule has 0 bridgehead atoms. The molecule has 4 rings (SSSR count). The van der Waals surface area contributed by atoms with E-state index in [9.17, 15) is 13.6 Å². The summed E-state index contributed by atoms with van der Waals surface area (Å²) in [5.41, 5.74) is 0.699. The summed E-state index contributed by atoms with van der Waals surface area (Å²) in [6, 6.07) is 10.3. The van der Waals surface area contributed by atoms with Crippen molar-refractivity contribution in [3.63, 3.8) is 0 Å². The van der Waals surface area contributed by atoms with Gasteiger partial charge in [0.05, 0.1) is 22.7 Å². The van der Waals surface area contributed by atoms with Gasteiger partial charge in [-0.1, -0.05) is 30.3 Å². The first-order valence-electron chi connectivity index (χ1n) is 9.28. The van der Waals surface area contributed by atoms with Crippen LogP contribution in [0.15, 0.2) is 36.4 Å². The molecule has 0 spiro atoms. The van der Waals surface area contributed by atoms with E-state index in [4.69, 9.17) is 0 Å². The number of aromatic nitrogens is 2. The fourth-order valence-electron chi connectivity index (χ4n) is 4.32. The monoisotopic (exact) mass is 387 g/mol. The highest BCUT2D eigenvalue weighted by Crippen LogP contribution is 2.70. The van der Waals surface area contributed by atoms with Crippen LogP contribution in [0.25, 0.3) is 0 Å². The number of halogens is 2.